The van der Waals surface area contributed by atoms with Crippen LogP contribution in [0.4, 0.5) is 5.69 Å². The molecule has 11 heteroatoms. The van der Waals surface area contributed by atoms with Crippen molar-refractivity contribution >= 4 is 66.7 Å². The lowest BCUT2D eigenvalue weighted by atomic mass is 10.1. The molecule has 3 aromatic carbocycles. The third-order valence-corrected chi connectivity index (χ3v) is 8.96. The van der Waals surface area contributed by atoms with Crippen molar-refractivity contribution in [2.75, 3.05) is 10.8 Å². The summed E-state index contributed by atoms with van der Waals surface area (Å²) >= 11 is 15.6. The highest BCUT2D eigenvalue weighted by Crippen LogP contribution is 2.27. The Kier molecular flexibility index (Phi) is 10.8. The first-order valence-electron chi connectivity index (χ1n) is 12.3. The maximum absolute atomic E-state index is 13.9. The molecular formula is C28H30BrCl2N3O4S. The standard InChI is InChI=1S/C28H30BrCl2N3O4S/c1-4-19(2)32-28(36)20(3)33(17-21-7-5-8-22(29)15-21)27(35)18-34(25-10-6-9-24(31)16-25)39(37,38)26-13-11-23(30)12-14-26/h5-16,19-20H,4,17-18H2,1-3H3,(H,32,36)/t19-,20+/m1/s1. The van der Waals surface area contributed by atoms with E-state index in [2.05, 4.69) is 21.2 Å². The molecule has 7 nitrogen and oxygen atoms in total. The van der Waals surface area contributed by atoms with Gasteiger partial charge in [0.1, 0.15) is 12.6 Å². The van der Waals surface area contributed by atoms with Crippen molar-refractivity contribution in [2.45, 2.75) is 50.7 Å². The van der Waals surface area contributed by atoms with Gasteiger partial charge in [0.2, 0.25) is 11.8 Å². The van der Waals surface area contributed by atoms with Crippen LogP contribution in [-0.2, 0) is 26.2 Å². The highest BCUT2D eigenvalue weighted by Gasteiger charge is 2.33. The number of amides is 2. The van der Waals surface area contributed by atoms with Crippen molar-refractivity contribution in [3.8, 4) is 0 Å². The van der Waals surface area contributed by atoms with Gasteiger partial charge in [0.05, 0.1) is 10.6 Å². The van der Waals surface area contributed by atoms with Gasteiger partial charge in [-0.3, -0.25) is 13.9 Å². The van der Waals surface area contributed by atoms with Crippen LogP contribution in [0.2, 0.25) is 10.0 Å². The lowest BCUT2D eigenvalue weighted by molar-refractivity contribution is -0.139. The Morgan fingerprint density at radius 1 is 0.949 bits per heavy atom. The van der Waals surface area contributed by atoms with E-state index in [-0.39, 0.29) is 29.1 Å². The number of halogens is 3. The van der Waals surface area contributed by atoms with E-state index in [1.165, 1.54) is 35.2 Å². The maximum atomic E-state index is 13.9. The number of anilines is 1. The largest absolute Gasteiger partial charge is 0.352 e. The molecular weight excluding hydrogens is 625 g/mol. The molecule has 0 radical (unpaired) electrons. The zero-order valence-corrected chi connectivity index (χ0v) is 25.7. The summed E-state index contributed by atoms with van der Waals surface area (Å²) in [5.41, 5.74) is 0.987. The number of nitrogens with zero attached hydrogens (tertiary/aromatic N) is 2. The summed E-state index contributed by atoms with van der Waals surface area (Å²) in [5, 5.41) is 3.60. The van der Waals surface area contributed by atoms with Gasteiger partial charge in [-0.1, -0.05) is 64.3 Å². The quantitative estimate of drug-likeness (QED) is 0.264. The smallest absolute Gasteiger partial charge is 0.264 e. The molecule has 0 aliphatic rings. The van der Waals surface area contributed by atoms with E-state index in [0.717, 1.165) is 20.8 Å². The summed E-state index contributed by atoms with van der Waals surface area (Å²) in [4.78, 5) is 28.3. The summed E-state index contributed by atoms with van der Waals surface area (Å²) in [6.07, 6.45) is 0.722. The van der Waals surface area contributed by atoms with Gasteiger partial charge < -0.3 is 10.2 Å². The molecule has 2 atom stereocenters. The number of carbonyl (C=O) groups excluding carboxylic acids is 2. The van der Waals surface area contributed by atoms with Crippen LogP contribution in [0.3, 0.4) is 0 Å². The predicted octanol–water partition coefficient (Wildman–Crippen LogP) is 6.28. The van der Waals surface area contributed by atoms with E-state index in [1.54, 1.807) is 25.1 Å². The van der Waals surface area contributed by atoms with Crippen LogP contribution >= 0.6 is 39.1 Å². The van der Waals surface area contributed by atoms with Crippen molar-refractivity contribution in [1.82, 2.24) is 10.2 Å². The SMILES string of the molecule is CC[C@@H](C)NC(=O)[C@H](C)N(Cc1cccc(Br)c1)C(=O)CN(c1cccc(Cl)c1)S(=O)(=O)c1ccc(Cl)cc1. The zero-order chi connectivity index (χ0) is 28.7. The first-order chi connectivity index (χ1) is 18.4. The molecule has 208 valence electrons. The molecule has 0 unspecified atom stereocenters. The molecule has 0 heterocycles. The average Bonchev–Trinajstić information content (AvgIpc) is 2.89. The van der Waals surface area contributed by atoms with Gasteiger partial charge in [-0.15, -0.1) is 0 Å². The van der Waals surface area contributed by atoms with Crippen molar-refractivity contribution in [3.05, 3.63) is 92.9 Å². The summed E-state index contributed by atoms with van der Waals surface area (Å²) in [6.45, 7) is 5.00. The van der Waals surface area contributed by atoms with Gasteiger partial charge in [-0.25, -0.2) is 8.42 Å². The highest BCUT2D eigenvalue weighted by molar-refractivity contribution is 9.10. The first-order valence-corrected chi connectivity index (χ1v) is 15.3. The lowest BCUT2D eigenvalue weighted by Crippen LogP contribution is -2.52. The number of rotatable bonds is 11. The normalized spacial score (nSPS) is 12.9. The minimum absolute atomic E-state index is 0.0409. The van der Waals surface area contributed by atoms with Gasteiger partial charge in [0.15, 0.2) is 0 Å². The number of nitrogens with one attached hydrogen (secondary N) is 1. The molecule has 0 saturated carbocycles. The highest BCUT2D eigenvalue weighted by atomic mass is 79.9. The van der Waals surface area contributed by atoms with Crippen molar-refractivity contribution in [2.24, 2.45) is 0 Å². The molecule has 1 N–H and O–H groups in total. The Balaban J connectivity index is 2.03. The van der Waals surface area contributed by atoms with Crippen LogP contribution in [0.25, 0.3) is 0 Å². The minimum Gasteiger partial charge on any atom is -0.352 e. The van der Waals surface area contributed by atoms with E-state index in [9.17, 15) is 18.0 Å². The Hall–Kier alpha value is -2.59. The van der Waals surface area contributed by atoms with Crippen molar-refractivity contribution < 1.29 is 18.0 Å². The summed E-state index contributed by atoms with van der Waals surface area (Å²) in [5.74, 6) is -0.887. The van der Waals surface area contributed by atoms with Crippen molar-refractivity contribution in [3.63, 3.8) is 0 Å². The average molecular weight is 655 g/mol. The molecule has 3 aromatic rings. The minimum atomic E-state index is -4.20. The molecule has 3 rings (SSSR count). The molecule has 0 spiro atoms. The number of benzene rings is 3. The molecule has 0 bridgehead atoms. The summed E-state index contributed by atoms with van der Waals surface area (Å²) in [7, 11) is -4.20. The molecule has 0 aliphatic heterocycles. The second-order valence-corrected chi connectivity index (χ2v) is 12.7. The first kappa shape index (κ1) is 30.9. The Morgan fingerprint density at radius 2 is 1.62 bits per heavy atom. The summed E-state index contributed by atoms with van der Waals surface area (Å²) in [6, 6.07) is 18.3. The van der Waals surface area contributed by atoms with Gasteiger partial charge in [-0.05, 0) is 80.4 Å². The second kappa shape index (κ2) is 13.7. The Morgan fingerprint density at radius 3 is 2.23 bits per heavy atom. The number of sulfonamides is 1. The molecule has 0 aromatic heterocycles. The molecule has 39 heavy (non-hydrogen) atoms. The van der Waals surface area contributed by atoms with Crippen LogP contribution < -0.4 is 9.62 Å². The fourth-order valence-corrected chi connectivity index (χ4v) is 5.94. The van der Waals surface area contributed by atoms with Gasteiger partial charge in [0.25, 0.3) is 10.0 Å². The van der Waals surface area contributed by atoms with Crippen molar-refractivity contribution in [1.29, 1.82) is 0 Å². The van der Waals surface area contributed by atoms with E-state index >= 15 is 0 Å². The van der Waals surface area contributed by atoms with Crippen LogP contribution in [0.15, 0.2) is 82.2 Å². The number of hydrogen-bond acceptors (Lipinski definition) is 4. The fourth-order valence-electron chi connectivity index (χ4n) is 3.77. The third kappa shape index (κ3) is 8.20. The number of carbonyl (C=O) groups is 2. The van der Waals surface area contributed by atoms with Gasteiger partial charge in [-0.2, -0.15) is 0 Å². The van der Waals surface area contributed by atoms with Crippen LogP contribution in [0, 0.1) is 0 Å². The molecule has 0 aliphatic carbocycles. The molecule has 0 fully saturated rings. The van der Waals surface area contributed by atoms with E-state index in [1.807, 2.05) is 38.1 Å². The maximum Gasteiger partial charge on any atom is 0.264 e. The topological polar surface area (TPSA) is 86.8 Å². The van der Waals surface area contributed by atoms with Crippen LogP contribution in [0.5, 0.6) is 0 Å². The van der Waals surface area contributed by atoms with Crippen LogP contribution in [0.1, 0.15) is 32.8 Å². The molecule has 0 saturated heterocycles. The molecule has 2 amide bonds. The van der Waals surface area contributed by atoms with E-state index in [4.69, 9.17) is 23.2 Å². The van der Waals surface area contributed by atoms with E-state index in [0.29, 0.717) is 10.0 Å². The van der Waals surface area contributed by atoms with Gasteiger partial charge in [0, 0.05) is 27.1 Å². The van der Waals surface area contributed by atoms with E-state index < -0.39 is 28.5 Å². The fraction of sp³-hybridized carbons (Fsp3) is 0.286. The Labute approximate surface area is 248 Å². The number of hydrogen-bond donors (Lipinski definition) is 1. The zero-order valence-electron chi connectivity index (χ0n) is 21.8. The summed E-state index contributed by atoms with van der Waals surface area (Å²) < 4.78 is 29.4. The lowest BCUT2D eigenvalue weighted by Gasteiger charge is -2.32. The third-order valence-electron chi connectivity index (χ3n) is 6.19. The second-order valence-electron chi connectivity index (χ2n) is 9.09. The Bertz CT molecular complexity index is 1420. The monoisotopic (exact) mass is 653 g/mol. The van der Waals surface area contributed by atoms with Crippen LogP contribution in [-0.4, -0.2) is 43.8 Å². The van der Waals surface area contributed by atoms with Gasteiger partial charge >= 0.3 is 0 Å². The predicted molar refractivity (Wildman–Crippen MR) is 159 cm³/mol.